The number of hydrogen-bond acceptors (Lipinski definition) is 6. The van der Waals surface area contributed by atoms with Crippen molar-refractivity contribution < 1.29 is 9.85 Å². The molecular weight excluding hydrogens is 452 g/mol. The monoisotopic (exact) mass is 466 g/mol. The Balaban J connectivity index is 0.00000256. The van der Waals surface area contributed by atoms with Crippen LogP contribution < -0.4 is 4.90 Å². The highest BCUT2D eigenvalue weighted by Crippen LogP contribution is 2.34. The second-order valence-corrected chi connectivity index (χ2v) is 6.29. The van der Waals surface area contributed by atoms with Gasteiger partial charge in [-0.15, -0.1) is 17.0 Å². The maximum Gasteiger partial charge on any atom is 0.300 e. The summed E-state index contributed by atoms with van der Waals surface area (Å²) in [6.45, 7) is 0. The summed E-state index contributed by atoms with van der Waals surface area (Å²) in [5.41, 5.74) is 3.50. The molecule has 0 bridgehead atoms. The van der Waals surface area contributed by atoms with Crippen LogP contribution in [0.1, 0.15) is 5.56 Å². The molecule has 2 aromatic rings. The van der Waals surface area contributed by atoms with Gasteiger partial charge in [-0.2, -0.15) is 0 Å². The van der Waals surface area contributed by atoms with Crippen LogP contribution in [-0.4, -0.2) is 16.1 Å². The Bertz CT molecular complexity index is 1170. The SMILES string of the molecule is Br.O=[N+]([O-])c1ccc(N2C=CC(=C/C=C3\C=Nc4ccccc43)C=C2)c([N+](=O)[O-])c1. The molecule has 2 heterocycles. The molecular formula is C21H15BrN4O4. The number of allylic oxidation sites excluding steroid dienone is 6. The minimum Gasteiger partial charge on any atom is -0.318 e. The van der Waals surface area contributed by atoms with Gasteiger partial charge in [0.05, 0.1) is 21.6 Å². The van der Waals surface area contributed by atoms with E-state index in [1.54, 1.807) is 29.5 Å². The number of non-ortho nitro benzene ring substituents is 1. The standard InChI is InChI=1S/C21H14N4O4.BrH/c26-24(27)17-7-8-20(21(13-17)25(28)29)23-11-9-15(10-12-23)5-6-16-14-22-19-4-2-1-3-18(16)19;/h1-14H;1H/b16-6+;. The number of rotatable bonds is 4. The van der Waals surface area contributed by atoms with E-state index in [1.807, 2.05) is 42.6 Å². The van der Waals surface area contributed by atoms with Crippen molar-refractivity contribution in [2.75, 3.05) is 4.90 Å². The Hall–Kier alpha value is -3.85. The van der Waals surface area contributed by atoms with Crippen molar-refractivity contribution in [3.8, 4) is 0 Å². The number of halogens is 1. The van der Waals surface area contributed by atoms with Crippen LogP contribution in [0.15, 0.2) is 89.7 Å². The van der Waals surface area contributed by atoms with Crippen molar-refractivity contribution in [2.45, 2.75) is 0 Å². The number of nitro groups is 2. The number of benzene rings is 2. The fraction of sp³-hybridized carbons (Fsp3) is 0. The second-order valence-electron chi connectivity index (χ2n) is 6.29. The molecule has 0 aromatic heterocycles. The van der Waals surface area contributed by atoms with Crippen molar-refractivity contribution in [2.24, 2.45) is 4.99 Å². The molecule has 0 unspecified atom stereocenters. The van der Waals surface area contributed by atoms with Crippen molar-refractivity contribution in [3.63, 3.8) is 0 Å². The summed E-state index contributed by atoms with van der Waals surface area (Å²) in [6.07, 6.45) is 12.7. The number of nitro benzene ring substituents is 2. The molecule has 0 saturated carbocycles. The first kappa shape index (κ1) is 20.9. The molecule has 0 spiro atoms. The van der Waals surface area contributed by atoms with E-state index in [0.717, 1.165) is 28.5 Å². The molecule has 150 valence electrons. The van der Waals surface area contributed by atoms with Crippen LogP contribution in [0.2, 0.25) is 0 Å². The summed E-state index contributed by atoms with van der Waals surface area (Å²) in [4.78, 5) is 26.8. The molecule has 8 nitrogen and oxygen atoms in total. The van der Waals surface area contributed by atoms with Crippen LogP contribution in [-0.2, 0) is 0 Å². The lowest BCUT2D eigenvalue weighted by Crippen LogP contribution is -2.11. The molecule has 2 aliphatic heterocycles. The molecule has 0 fully saturated rings. The predicted octanol–water partition coefficient (Wildman–Crippen LogP) is 5.65. The van der Waals surface area contributed by atoms with E-state index in [2.05, 4.69) is 4.99 Å². The van der Waals surface area contributed by atoms with E-state index in [1.165, 1.54) is 12.1 Å². The van der Waals surface area contributed by atoms with Gasteiger partial charge in [0, 0.05) is 35.8 Å². The highest BCUT2D eigenvalue weighted by atomic mass is 79.9. The zero-order chi connectivity index (χ0) is 20.4. The predicted molar refractivity (Wildman–Crippen MR) is 121 cm³/mol. The summed E-state index contributed by atoms with van der Waals surface area (Å²) >= 11 is 0. The van der Waals surface area contributed by atoms with Crippen molar-refractivity contribution in [3.05, 3.63) is 111 Å². The Morgan fingerprint density at radius 2 is 1.67 bits per heavy atom. The first-order valence-electron chi connectivity index (χ1n) is 8.66. The molecule has 2 aliphatic rings. The van der Waals surface area contributed by atoms with Gasteiger partial charge in [-0.1, -0.05) is 30.4 Å². The smallest absolute Gasteiger partial charge is 0.300 e. The van der Waals surface area contributed by atoms with E-state index >= 15 is 0 Å². The average Bonchev–Trinajstić information content (AvgIpc) is 3.15. The molecule has 0 saturated heterocycles. The van der Waals surface area contributed by atoms with Gasteiger partial charge in [0.15, 0.2) is 0 Å². The molecule has 0 amide bonds. The quantitative estimate of drug-likeness (QED) is 0.427. The largest absolute Gasteiger partial charge is 0.318 e. The van der Waals surface area contributed by atoms with E-state index < -0.39 is 9.85 Å². The summed E-state index contributed by atoms with van der Waals surface area (Å²) in [5, 5.41) is 22.2. The first-order chi connectivity index (χ1) is 14.0. The van der Waals surface area contributed by atoms with Crippen LogP contribution >= 0.6 is 17.0 Å². The number of fused-ring (bicyclic) bond motifs is 1. The molecule has 0 N–H and O–H groups in total. The molecule has 2 aromatic carbocycles. The summed E-state index contributed by atoms with van der Waals surface area (Å²) < 4.78 is 0. The Morgan fingerprint density at radius 1 is 0.933 bits per heavy atom. The number of aliphatic imine (C=N–C) groups is 1. The van der Waals surface area contributed by atoms with Gasteiger partial charge >= 0.3 is 0 Å². The highest BCUT2D eigenvalue weighted by molar-refractivity contribution is 8.93. The van der Waals surface area contributed by atoms with E-state index in [-0.39, 0.29) is 34.0 Å². The number of anilines is 1. The van der Waals surface area contributed by atoms with Gasteiger partial charge < -0.3 is 4.90 Å². The van der Waals surface area contributed by atoms with Crippen LogP contribution in [0.3, 0.4) is 0 Å². The molecule has 9 heteroatoms. The summed E-state index contributed by atoms with van der Waals surface area (Å²) in [7, 11) is 0. The molecule has 30 heavy (non-hydrogen) atoms. The maximum atomic E-state index is 11.3. The lowest BCUT2D eigenvalue weighted by molar-refractivity contribution is -0.393. The third-order valence-electron chi connectivity index (χ3n) is 4.51. The fourth-order valence-corrected chi connectivity index (χ4v) is 3.06. The van der Waals surface area contributed by atoms with Gasteiger partial charge in [0.1, 0.15) is 5.69 Å². The normalized spacial score (nSPS) is 15.1. The van der Waals surface area contributed by atoms with E-state index in [4.69, 9.17) is 0 Å². The fourth-order valence-electron chi connectivity index (χ4n) is 3.06. The van der Waals surface area contributed by atoms with E-state index in [9.17, 15) is 20.2 Å². The molecule has 0 aliphatic carbocycles. The van der Waals surface area contributed by atoms with Crippen LogP contribution in [0.25, 0.3) is 5.57 Å². The Morgan fingerprint density at radius 3 is 2.37 bits per heavy atom. The van der Waals surface area contributed by atoms with Crippen LogP contribution in [0.4, 0.5) is 22.7 Å². The van der Waals surface area contributed by atoms with Crippen LogP contribution in [0.5, 0.6) is 0 Å². The number of nitrogens with zero attached hydrogens (tertiary/aromatic N) is 4. The average molecular weight is 467 g/mol. The number of para-hydroxylation sites is 1. The van der Waals surface area contributed by atoms with Gasteiger partial charge in [-0.25, -0.2) is 0 Å². The Labute approximate surface area is 181 Å². The summed E-state index contributed by atoms with van der Waals surface area (Å²) in [6, 6.07) is 11.4. The van der Waals surface area contributed by atoms with Crippen LogP contribution in [0, 0.1) is 20.2 Å². The lowest BCUT2D eigenvalue weighted by Gasteiger charge is -2.18. The van der Waals surface area contributed by atoms with Crippen molar-refractivity contribution >= 4 is 51.5 Å². The van der Waals surface area contributed by atoms with Crippen molar-refractivity contribution in [1.82, 2.24) is 0 Å². The zero-order valence-corrected chi connectivity index (χ0v) is 17.1. The third kappa shape index (κ3) is 4.11. The topological polar surface area (TPSA) is 102 Å². The van der Waals surface area contributed by atoms with Crippen molar-refractivity contribution in [1.29, 1.82) is 0 Å². The molecule has 0 atom stereocenters. The maximum absolute atomic E-state index is 11.3. The Kier molecular flexibility index (Phi) is 6.03. The van der Waals surface area contributed by atoms with Gasteiger partial charge in [0.25, 0.3) is 11.4 Å². The minimum atomic E-state index is -0.655. The second kappa shape index (κ2) is 8.66. The van der Waals surface area contributed by atoms with Gasteiger partial charge in [-0.3, -0.25) is 25.2 Å². The van der Waals surface area contributed by atoms with Gasteiger partial charge in [-0.05, 0) is 29.9 Å². The highest BCUT2D eigenvalue weighted by Gasteiger charge is 2.22. The zero-order valence-electron chi connectivity index (χ0n) is 15.4. The molecule has 0 radical (unpaired) electrons. The first-order valence-corrected chi connectivity index (χ1v) is 8.66. The summed E-state index contributed by atoms with van der Waals surface area (Å²) in [5.74, 6) is 0. The van der Waals surface area contributed by atoms with E-state index in [0.29, 0.717) is 0 Å². The number of hydrogen-bond donors (Lipinski definition) is 0. The minimum absolute atomic E-state index is 0. The van der Waals surface area contributed by atoms with Gasteiger partial charge in [0.2, 0.25) is 0 Å². The third-order valence-corrected chi connectivity index (χ3v) is 4.51. The lowest BCUT2D eigenvalue weighted by atomic mass is 10.1. The molecule has 4 rings (SSSR count).